The summed E-state index contributed by atoms with van der Waals surface area (Å²) in [5.41, 5.74) is 1.85. The summed E-state index contributed by atoms with van der Waals surface area (Å²) in [7, 11) is 0. The number of benzene rings is 1. The first-order valence-electron chi connectivity index (χ1n) is 3.65. The minimum absolute atomic E-state index is 0.266. The van der Waals surface area contributed by atoms with E-state index in [9.17, 15) is 5.11 Å². The van der Waals surface area contributed by atoms with Gasteiger partial charge >= 0.3 is 0 Å². The minimum atomic E-state index is 0.266. The van der Waals surface area contributed by atoms with Crippen LogP contribution in [0.1, 0.15) is 0 Å². The second-order valence-corrected chi connectivity index (χ2v) is 2.52. The standard InChI is InChI=1S/C9H8N2O/c12-8-3-1-2-7(6-8)9-4-5-10-11-9/h1-6,12H,(H,10,11). The van der Waals surface area contributed by atoms with Gasteiger partial charge in [-0.15, -0.1) is 0 Å². The highest BCUT2D eigenvalue weighted by Crippen LogP contribution is 2.20. The van der Waals surface area contributed by atoms with Crippen molar-refractivity contribution in [2.24, 2.45) is 0 Å². The van der Waals surface area contributed by atoms with Crippen molar-refractivity contribution >= 4 is 0 Å². The molecule has 2 rings (SSSR count). The molecule has 0 saturated carbocycles. The van der Waals surface area contributed by atoms with Gasteiger partial charge in [-0.2, -0.15) is 5.10 Å². The maximum Gasteiger partial charge on any atom is 0.116 e. The average Bonchev–Trinajstić information content (AvgIpc) is 2.56. The fourth-order valence-corrected chi connectivity index (χ4v) is 1.09. The highest BCUT2D eigenvalue weighted by atomic mass is 16.3. The molecule has 0 aliphatic rings. The molecule has 1 aromatic carbocycles. The Bertz CT molecular complexity index is 368. The summed E-state index contributed by atoms with van der Waals surface area (Å²) < 4.78 is 0. The highest BCUT2D eigenvalue weighted by Gasteiger charge is 1.97. The molecule has 0 saturated heterocycles. The summed E-state index contributed by atoms with van der Waals surface area (Å²) in [6, 6.07) is 8.89. The molecule has 0 radical (unpaired) electrons. The fourth-order valence-electron chi connectivity index (χ4n) is 1.09. The van der Waals surface area contributed by atoms with Crippen molar-refractivity contribution in [1.29, 1.82) is 0 Å². The molecule has 0 aliphatic carbocycles. The van der Waals surface area contributed by atoms with Crippen LogP contribution in [0, 0.1) is 0 Å². The first kappa shape index (κ1) is 6.91. The highest BCUT2D eigenvalue weighted by molar-refractivity contribution is 5.60. The normalized spacial score (nSPS) is 10.0. The molecule has 0 amide bonds. The van der Waals surface area contributed by atoms with Gasteiger partial charge in [0.2, 0.25) is 0 Å². The summed E-state index contributed by atoms with van der Waals surface area (Å²) >= 11 is 0. The largest absolute Gasteiger partial charge is 0.508 e. The van der Waals surface area contributed by atoms with Gasteiger partial charge in [0.15, 0.2) is 0 Å². The van der Waals surface area contributed by atoms with E-state index in [1.54, 1.807) is 24.4 Å². The molecule has 0 atom stereocenters. The Morgan fingerprint density at radius 1 is 1.25 bits per heavy atom. The Kier molecular flexibility index (Phi) is 1.55. The number of aromatic amines is 1. The maximum absolute atomic E-state index is 9.18. The van der Waals surface area contributed by atoms with Gasteiger partial charge in [0.05, 0.1) is 5.69 Å². The molecule has 3 nitrogen and oxygen atoms in total. The van der Waals surface area contributed by atoms with Crippen molar-refractivity contribution in [2.45, 2.75) is 0 Å². The summed E-state index contributed by atoms with van der Waals surface area (Å²) in [6.45, 7) is 0. The van der Waals surface area contributed by atoms with E-state index in [-0.39, 0.29) is 5.75 Å². The SMILES string of the molecule is Oc1cccc(-c2ccn[nH]2)c1. The molecule has 0 bridgehead atoms. The van der Waals surface area contributed by atoms with Crippen molar-refractivity contribution < 1.29 is 5.11 Å². The number of nitrogens with zero attached hydrogens (tertiary/aromatic N) is 1. The Morgan fingerprint density at radius 2 is 2.17 bits per heavy atom. The number of H-pyrrole nitrogens is 1. The zero-order chi connectivity index (χ0) is 8.39. The summed E-state index contributed by atoms with van der Waals surface area (Å²) in [5.74, 6) is 0.266. The van der Waals surface area contributed by atoms with Crippen LogP contribution in [0.25, 0.3) is 11.3 Å². The lowest BCUT2D eigenvalue weighted by Gasteiger charge is -1.96. The van der Waals surface area contributed by atoms with Crippen molar-refractivity contribution in [3.8, 4) is 17.0 Å². The van der Waals surface area contributed by atoms with Gasteiger partial charge in [0.1, 0.15) is 5.75 Å². The topological polar surface area (TPSA) is 48.9 Å². The minimum Gasteiger partial charge on any atom is -0.508 e. The van der Waals surface area contributed by atoms with Crippen LogP contribution in [0.5, 0.6) is 5.75 Å². The number of nitrogens with one attached hydrogen (secondary N) is 1. The zero-order valence-electron chi connectivity index (χ0n) is 6.36. The lowest BCUT2D eigenvalue weighted by Crippen LogP contribution is -1.76. The third kappa shape index (κ3) is 1.16. The van der Waals surface area contributed by atoms with Gasteiger partial charge in [-0.3, -0.25) is 5.10 Å². The van der Waals surface area contributed by atoms with Crippen LogP contribution < -0.4 is 0 Å². The van der Waals surface area contributed by atoms with Gasteiger partial charge in [-0.05, 0) is 18.2 Å². The molecule has 1 aromatic heterocycles. The Morgan fingerprint density at radius 3 is 2.83 bits per heavy atom. The molecule has 0 spiro atoms. The van der Waals surface area contributed by atoms with Gasteiger partial charge in [-0.25, -0.2) is 0 Å². The smallest absolute Gasteiger partial charge is 0.116 e. The Hall–Kier alpha value is -1.77. The number of hydrogen-bond donors (Lipinski definition) is 2. The van der Waals surface area contributed by atoms with Gasteiger partial charge < -0.3 is 5.11 Å². The Labute approximate surface area is 69.7 Å². The molecule has 60 valence electrons. The second kappa shape index (κ2) is 2.70. The molecule has 3 heteroatoms. The average molecular weight is 160 g/mol. The lowest BCUT2D eigenvalue weighted by atomic mass is 10.1. The number of hydrogen-bond acceptors (Lipinski definition) is 2. The van der Waals surface area contributed by atoms with Gasteiger partial charge in [0.25, 0.3) is 0 Å². The van der Waals surface area contributed by atoms with E-state index in [1.807, 2.05) is 12.1 Å². The molecule has 0 fully saturated rings. The van der Waals surface area contributed by atoms with E-state index in [1.165, 1.54) is 0 Å². The van der Waals surface area contributed by atoms with Crippen molar-refractivity contribution in [2.75, 3.05) is 0 Å². The lowest BCUT2D eigenvalue weighted by molar-refractivity contribution is 0.475. The summed E-state index contributed by atoms with van der Waals surface area (Å²) in [5, 5.41) is 15.8. The third-order valence-corrected chi connectivity index (χ3v) is 1.66. The van der Waals surface area contributed by atoms with E-state index >= 15 is 0 Å². The van der Waals surface area contributed by atoms with Crippen molar-refractivity contribution in [3.05, 3.63) is 36.5 Å². The zero-order valence-corrected chi connectivity index (χ0v) is 6.36. The monoisotopic (exact) mass is 160 g/mol. The van der Waals surface area contributed by atoms with Crippen LogP contribution in [0.3, 0.4) is 0 Å². The van der Waals surface area contributed by atoms with E-state index in [4.69, 9.17) is 0 Å². The molecule has 1 heterocycles. The van der Waals surface area contributed by atoms with Crippen LogP contribution in [0.4, 0.5) is 0 Å². The molecule has 0 aliphatic heterocycles. The van der Waals surface area contributed by atoms with Gasteiger partial charge in [0, 0.05) is 11.8 Å². The molecule has 2 N–H and O–H groups in total. The number of phenolic OH excluding ortho intramolecular Hbond substituents is 1. The molecule has 2 aromatic rings. The van der Waals surface area contributed by atoms with E-state index in [0.29, 0.717) is 0 Å². The molecular formula is C9H8N2O. The predicted molar refractivity (Wildman–Crippen MR) is 45.7 cm³/mol. The first-order chi connectivity index (χ1) is 5.86. The third-order valence-electron chi connectivity index (χ3n) is 1.66. The van der Waals surface area contributed by atoms with Crippen molar-refractivity contribution in [1.82, 2.24) is 10.2 Å². The first-order valence-corrected chi connectivity index (χ1v) is 3.65. The molecule has 0 unspecified atom stereocenters. The number of phenols is 1. The predicted octanol–water partition coefficient (Wildman–Crippen LogP) is 1.78. The number of aromatic nitrogens is 2. The summed E-state index contributed by atoms with van der Waals surface area (Å²) in [4.78, 5) is 0. The van der Waals surface area contributed by atoms with E-state index in [0.717, 1.165) is 11.3 Å². The number of aromatic hydroxyl groups is 1. The maximum atomic E-state index is 9.18. The Balaban J connectivity index is 2.48. The quantitative estimate of drug-likeness (QED) is 0.668. The van der Waals surface area contributed by atoms with E-state index < -0.39 is 0 Å². The van der Waals surface area contributed by atoms with Crippen LogP contribution in [0.15, 0.2) is 36.5 Å². The van der Waals surface area contributed by atoms with Crippen LogP contribution >= 0.6 is 0 Å². The van der Waals surface area contributed by atoms with Crippen LogP contribution in [-0.2, 0) is 0 Å². The van der Waals surface area contributed by atoms with Crippen LogP contribution in [-0.4, -0.2) is 15.3 Å². The molecule has 12 heavy (non-hydrogen) atoms. The fraction of sp³-hybridized carbons (Fsp3) is 0. The van der Waals surface area contributed by atoms with E-state index in [2.05, 4.69) is 10.2 Å². The number of rotatable bonds is 1. The van der Waals surface area contributed by atoms with Crippen molar-refractivity contribution in [3.63, 3.8) is 0 Å². The molecular weight excluding hydrogens is 152 g/mol. The van der Waals surface area contributed by atoms with Crippen LogP contribution in [0.2, 0.25) is 0 Å². The summed E-state index contributed by atoms with van der Waals surface area (Å²) in [6.07, 6.45) is 1.68. The second-order valence-electron chi connectivity index (χ2n) is 2.52. The van der Waals surface area contributed by atoms with Gasteiger partial charge in [-0.1, -0.05) is 12.1 Å².